The van der Waals surface area contributed by atoms with Crippen LogP contribution in [0.2, 0.25) is 0 Å². The van der Waals surface area contributed by atoms with Gasteiger partial charge in [-0.2, -0.15) is 5.10 Å². The number of benzene rings is 1. The third-order valence-electron chi connectivity index (χ3n) is 3.27. The van der Waals surface area contributed by atoms with E-state index in [1.807, 2.05) is 50.2 Å². The van der Waals surface area contributed by atoms with Gasteiger partial charge >= 0.3 is 0 Å². The summed E-state index contributed by atoms with van der Waals surface area (Å²) in [6.07, 6.45) is 1.64. The summed E-state index contributed by atoms with van der Waals surface area (Å²) in [6, 6.07) is 11.6. The topological polar surface area (TPSA) is 47.8 Å². The van der Waals surface area contributed by atoms with Crippen molar-refractivity contribution in [1.29, 1.82) is 0 Å². The molecule has 0 saturated carbocycles. The van der Waals surface area contributed by atoms with Gasteiger partial charge in [-0.15, -0.1) is 0 Å². The highest BCUT2D eigenvalue weighted by atomic mass is 79.9. The zero-order valence-electron chi connectivity index (χ0n) is 11.7. The molecule has 0 bridgehead atoms. The van der Waals surface area contributed by atoms with Crippen molar-refractivity contribution in [3.8, 4) is 11.3 Å². The van der Waals surface area contributed by atoms with E-state index in [9.17, 15) is 4.79 Å². The van der Waals surface area contributed by atoms with Gasteiger partial charge in [-0.05, 0) is 38.1 Å². The molecule has 0 unspecified atom stereocenters. The third kappa shape index (κ3) is 2.49. The summed E-state index contributed by atoms with van der Waals surface area (Å²) in [6.45, 7) is 3.88. The summed E-state index contributed by atoms with van der Waals surface area (Å²) >= 11 is 3.47. The van der Waals surface area contributed by atoms with Crippen molar-refractivity contribution in [2.45, 2.75) is 19.9 Å². The molecule has 1 aromatic carbocycles. The van der Waals surface area contributed by atoms with Crippen LogP contribution in [0.25, 0.3) is 22.2 Å². The predicted molar refractivity (Wildman–Crippen MR) is 87.3 cm³/mol. The molecule has 0 aliphatic heterocycles. The molecule has 0 atom stereocenters. The lowest BCUT2D eigenvalue weighted by Gasteiger charge is -2.13. The van der Waals surface area contributed by atoms with E-state index in [0.717, 1.165) is 21.1 Å². The van der Waals surface area contributed by atoms with Gasteiger partial charge in [0.1, 0.15) is 11.2 Å². The molecule has 2 heterocycles. The first-order chi connectivity index (χ1) is 10.1. The maximum absolute atomic E-state index is 12.4. The zero-order valence-corrected chi connectivity index (χ0v) is 13.3. The highest BCUT2D eigenvalue weighted by Crippen LogP contribution is 2.26. The van der Waals surface area contributed by atoms with E-state index in [4.69, 9.17) is 0 Å². The maximum Gasteiger partial charge on any atom is 0.293 e. The van der Waals surface area contributed by atoms with Crippen LogP contribution >= 0.6 is 15.9 Å². The highest BCUT2D eigenvalue weighted by molar-refractivity contribution is 9.10. The normalized spacial score (nSPS) is 11.2. The minimum atomic E-state index is -0.153. The van der Waals surface area contributed by atoms with E-state index in [2.05, 4.69) is 26.0 Å². The second kappa shape index (κ2) is 5.41. The molecule has 3 rings (SSSR count). The molecule has 21 heavy (non-hydrogen) atoms. The molecule has 0 aliphatic carbocycles. The summed E-state index contributed by atoms with van der Waals surface area (Å²) in [5.41, 5.74) is 2.03. The van der Waals surface area contributed by atoms with Gasteiger partial charge in [-0.1, -0.05) is 28.1 Å². The number of nitrogens with zero attached hydrogens (tertiary/aromatic N) is 3. The first-order valence-corrected chi connectivity index (χ1v) is 7.50. The van der Waals surface area contributed by atoms with Crippen LogP contribution < -0.4 is 5.56 Å². The molecule has 0 saturated heterocycles. The smallest absolute Gasteiger partial charge is 0.265 e. The molecule has 0 fully saturated rings. The number of hydrogen-bond donors (Lipinski definition) is 0. The van der Waals surface area contributed by atoms with Crippen molar-refractivity contribution in [3.63, 3.8) is 0 Å². The molecule has 3 aromatic rings. The van der Waals surface area contributed by atoms with Gasteiger partial charge in [-0.25, -0.2) is 4.68 Å². The van der Waals surface area contributed by atoms with E-state index >= 15 is 0 Å². The van der Waals surface area contributed by atoms with Crippen molar-refractivity contribution >= 4 is 26.8 Å². The Morgan fingerprint density at radius 2 is 2.00 bits per heavy atom. The molecule has 0 amide bonds. The lowest BCUT2D eigenvalue weighted by molar-refractivity contribution is 0.509. The molecule has 106 valence electrons. The number of fused-ring (bicyclic) bond motifs is 1. The van der Waals surface area contributed by atoms with Gasteiger partial charge in [-0.3, -0.25) is 9.78 Å². The van der Waals surface area contributed by atoms with Crippen LogP contribution in [0.15, 0.2) is 51.9 Å². The highest BCUT2D eigenvalue weighted by Gasteiger charge is 2.14. The van der Waals surface area contributed by atoms with Crippen LogP contribution in [-0.2, 0) is 0 Å². The predicted octanol–water partition coefficient (Wildman–Crippen LogP) is 3.80. The van der Waals surface area contributed by atoms with Crippen molar-refractivity contribution < 1.29 is 0 Å². The Balaban J connectivity index is 2.42. The number of hydrogen-bond acceptors (Lipinski definition) is 3. The van der Waals surface area contributed by atoms with Crippen LogP contribution in [0.3, 0.4) is 0 Å². The number of rotatable bonds is 2. The largest absolute Gasteiger partial charge is 0.293 e. The van der Waals surface area contributed by atoms with Gasteiger partial charge < -0.3 is 0 Å². The van der Waals surface area contributed by atoms with Crippen molar-refractivity contribution in [2.75, 3.05) is 0 Å². The molecule has 5 heteroatoms. The van der Waals surface area contributed by atoms with E-state index in [-0.39, 0.29) is 11.6 Å². The Kier molecular flexibility index (Phi) is 3.59. The molecule has 4 nitrogen and oxygen atoms in total. The van der Waals surface area contributed by atoms with Crippen molar-refractivity contribution in [2.24, 2.45) is 0 Å². The Labute approximate surface area is 130 Å². The van der Waals surface area contributed by atoms with Gasteiger partial charge in [0, 0.05) is 21.6 Å². The first kappa shape index (κ1) is 13.9. The standard InChI is InChI=1S/C16H14BrN3O/c1-10(2)20-16(21)15-13(7-4-8-18-15)14(19-20)11-5-3-6-12(17)9-11/h3-10H,1-2H3. The molecular formula is C16H14BrN3O. The van der Waals surface area contributed by atoms with Crippen LogP contribution in [0.4, 0.5) is 0 Å². The summed E-state index contributed by atoms with van der Waals surface area (Å²) in [7, 11) is 0. The van der Waals surface area contributed by atoms with Crippen LogP contribution in [0.5, 0.6) is 0 Å². The molecular weight excluding hydrogens is 330 g/mol. The van der Waals surface area contributed by atoms with E-state index in [1.54, 1.807) is 6.20 Å². The Morgan fingerprint density at radius 3 is 2.71 bits per heavy atom. The average molecular weight is 344 g/mol. The van der Waals surface area contributed by atoms with E-state index in [0.29, 0.717) is 5.52 Å². The van der Waals surface area contributed by atoms with Crippen molar-refractivity contribution in [1.82, 2.24) is 14.8 Å². The SMILES string of the molecule is CC(C)n1nc(-c2cccc(Br)c2)c2cccnc2c1=O. The first-order valence-electron chi connectivity index (χ1n) is 6.71. The van der Waals surface area contributed by atoms with Gasteiger partial charge in [0.25, 0.3) is 5.56 Å². The Morgan fingerprint density at radius 1 is 1.19 bits per heavy atom. The quantitative estimate of drug-likeness (QED) is 0.710. The van der Waals surface area contributed by atoms with Crippen LogP contribution in [0, 0.1) is 0 Å². The minimum absolute atomic E-state index is 0.0187. The fourth-order valence-electron chi connectivity index (χ4n) is 2.28. The Hall–Kier alpha value is -2.01. The van der Waals surface area contributed by atoms with Gasteiger partial charge in [0.05, 0.1) is 6.04 Å². The number of pyridine rings is 1. The maximum atomic E-state index is 12.4. The van der Waals surface area contributed by atoms with E-state index in [1.165, 1.54) is 4.68 Å². The molecule has 2 aromatic heterocycles. The molecule has 0 radical (unpaired) electrons. The van der Waals surface area contributed by atoms with Gasteiger partial charge in [0.15, 0.2) is 0 Å². The summed E-state index contributed by atoms with van der Waals surface area (Å²) in [5, 5.41) is 5.33. The monoisotopic (exact) mass is 343 g/mol. The summed E-state index contributed by atoms with van der Waals surface area (Å²) in [5.74, 6) is 0. The fraction of sp³-hybridized carbons (Fsp3) is 0.188. The lowest BCUT2D eigenvalue weighted by Crippen LogP contribution is -2.26. The fourth-order valence-corrected chi connectivity index (χ4v) is 2.68. The summed E-state index contributed by atoms with van der Waals surface area (Å²) < 4.78 is 2.46. The van der Waals surface area contributed by atoms with E-state index < -0.39 is 0 Å². The van der Waals surface area contributed by atoms with Crippen LogP contribution in [-0.4, -0.2) is 14.8 Å². The Bertz CT molecular complexity index is 871. The summed E-state index contributed by atoms with van der Waals surface area (Å²) in [4.78, 5) is 16.7. The zero-order chi connectivity index (χ0) is 15.0. The third-order valence-corrected chi connectivity index (χ3v) is 3.76. The minimum Gasteiger partial charge on any atom is -0.265 e. The molecule has 0 spiro atoms. The lowest BCUT2D eigenvalue weighted by atomic mass is 10.1. The van der Waals surface area contributed by atoms with Crippen LogP contribution in [0.1, 0.15) is 19.9 Å². The second-order valence-electron chi connectivity index (χ2n) is 5.10. The molecule has 0 aliphatic rings. The number of aromatic nitrogens is 3. The number of halogens is 1. The average Bonchev–Trinajstić information content (AvgIpc) is 2.47. The van der Waals surface area contributed by atoms with Gasteiger partial charge in [0.2, 0.25) is 0 Å². The van der Waals surface area contributed by atoms with Crippen molar-refractivity contribution in [3.05, 3.63) is 57.4 Å². The molecule has 0 N–H and O–H groups in total. The second-order valence-corrected chi connectivity index (χ2v) is 6.02.